The molecule has 0 radical (unpaired) electrons. The summed E-state index contributed by atoms with van der Waals surface area (Å²) in [6.07, 6.45) is 6.85. The molecule has 24 heavy (non-hydrogen) atoms. The number of nitrogens with one attached hydrogen (secondary N) is 1. The zero-order chi connectivity index (χ0) is 17.8. The zero-order valence-corrected chi connectivity index (χ0v) is 15.6. The van der Waals surface area contributed by atoms with Crippen molar-refractivity contribution in [2.45, 2.75) is 71.8 Å². The van der Waals surface area contributed by atoms with E-state index in [1.165, 1.54) is 32.6 Å². The van der Waals surface area contributed by atoms with Crippen LogP contribution < -0.4 is 5.32 Å². The van der Waals surface area contributed by atoms with Crippen LogP contribution in [0.25, 0.3) is 0 Å². The van der Waals surface area contributed by atoms with Crippen LogP contribution in [0.1, 0.15) is 65.7 Å². The van der Waals surface area contributed by atoms with E-state index in [1.807, 2.05) is 0 Å². The van der Waals surface area contributed by atoms with Gasteiger partial charge in [0.25, 0.3) is 0 Å². The van der Waals surface area contributed by atoms with E-state index in [9.17, 15) is 9.59 Å². The zero-order valence-electron chi connectivity index (χ0n) is 15.6. The van der Waals surface area contributed by atoms with Gasteiger partial charge in [-0.05, 0) is 64.7 Å². The van der Waals surface area contributed by atoms with Gasteiger partial charge in [-0.25, -0.2) is 0 Å². The molecule has 0 aliphatic heterocycles. The first kappa shape index (κ1) is 21.1. The molecular weight excluding hydrogens is 306 g/mol. The van der Waals surface area contributed by atoms with Gasteiger partial charge in [0, 0.05) is 39.2 Å². The largest absolute Gasteiger partial charge is 0.381 e. The molecule has 1 N–H and O–H groups in total. The van der Waals surface area contributed by atoms with Crippen LogP contribution in [-0.2, 0) is 19.1 Å². The molecule has 1 aliphatic rings. The van der Waals surface area contributed by atoms with Crippen LogP contribution in [-0.4, -0.2) is 44.2 Å². The normalized spacial score (nSPS) is 21.0. The van der Waals surface area contributed by atoms with Crippen molar-refractivity contribution in [1.82, 2.24) is 5.32 Å². The molecule has 0 aromatic heterocycles. The average molecular weight is 341 g/mol. The quantitative estimate of drug-likeness (QED) is 0.554. The lowest BCUT2D eigenvalue weighted by Gasteiger charge is -2.28. The number of amides is 1. The van der Waals surface area contributed by atoms with Gasteiger partial charge in [-0.2, -0.15) is 0 Å². The van der Waals surface area contributed by atoms with E-state index in [-0.39, 0.29) is 11.7 Å². The molecule has 140 valence electrons. The summed E-state index contributed by atoms with van der Waals surface area (Å²) in [4.78, 5) is 22.3. The molecule has 1 aliphatic carbocycles. The lowest BCUT2D eigenvalue weighted by Crippen LogP contribution is -2.26. The van der Waals surface area contributed by atoms with Gasteiger partial charge in [0.1, 0.15) is 5.78 Å². The molecule has 0 aromatic rings. The van der Waals surface area contributed by atoms with E-state index in [0.717, 1.165) is 19.6 Å². The Labute approximate surface area is 146 Å². The Morgan fingerprint density at radius 2 is 1.67 bits per heavy atom. The predicted molar refractivity (Wildman–Crippen MR) is 94.9 cm³/mol. The lowest BCUT2D eigenvalue weighted by atomic mass is 9.83. The summed E-state index contributed by atoms with van der Waals surface area (Å²) in [6.45, 7) is 8.49. The Morgan fingerprint density at radius 1 is 1.04 bits per heavy atom. The molecule has 1 saturated carbocycles. The fourth-order valence-electron chi connectivity index (χ4n) is 2.94. The molecule has 0 saturated heterocycles. The number of hydrogen-bond acceptors (Lipinski definition) is 4. The van der Waals surface area contributed by atoms with E-state index in [1.54, 1.807) is 0 Å². The molecule has 0 unspecified atom stereocenters. The van der Waals surface area contributed by atoms with Crippen LogP contribution >= 0.6 is 0 Å². The summed E-state index contributed by atoms with van der Waals surface area (Å²) < 4.78 is 11.4. The van der Waals surface area contributed by atoms with Crippen LogP contribution in [0.5, 0.6) is 0 Å². The molecule has 5 nitrogen and oxygen atoms in total. The SMILES string of the molecule is CC(=O)CCNC(=O)CCCOCC1CCC(COC(C)C)CC1. The molecule has 1 amide bonds. The second-order valence-corrected chi connectivity index (χ2v) is 7.25. The topological polar surface area (TPSA) is 64.6 Å². The maximum Gasteiger partial charge on any atom is 0.220 e. The van der Waals surface area contributed by atoms with Gasteiger partial charge < -0.3 is 14.8 Å². The Kier molecular flexibility index (Phi) is 10.9. The monoisotopic (exact) mass is 341 g/mol. The molecule has 1 rings (SSSR count). The first-order chi connectivity index (χ1) is 11.5. The first-order valence-electron chi connectivity index (χ1n) is 9.42. The molecule has 0 heterocycles. The third kappa shape index (κ3) is 10.8. The smallest absolute Gasteiger partial charge is 0.220 e. The van der Waals surface area contributed by atoms with Gasteiger partial charge >= 0.3 is 0 Å². The Morgan fingerprint density at radius 3 is 2.25 bits per heavy atom. The standard InChI is InChI=1S/C19H35NO4/c1-15(2)24-14-18-8-6-17(7-9-18)13-23-12-4-5-19(22)20-11-10-16(3)21/h15,17-18H,4-14H2,1-3H3,(H,20,22). The number of carbonyl (C=O) groups is 2. The van der Waals surface area contributed by atoms with Gasteiger partial charge in [-0.15, -0.1) is 0 Å². The first-order valence-corrected chi connectivity index (χ1v) is 9.42. The second-order valence-electron chi connectivity index (χ2n) is 7.25. The summed E-state index contributed by atoms with van der Waals surface area (Å²) in [5, 5.41) is 2.75. The average Bonchev–Trinajstić information content (AvgIpc) is 2.53. The van der Waals surface area contributed by atoms with Crippen LogP contribution in [0.4, 0.5) is 0 Å². The van der Waals surface area contributed by atoms with Crippen molar-refractivity contribution < 1.29 is 19.1 Å². The van der Waals surface area contributed by atoms with E-state index >= 15 is 0 Å². The predicted octanol–water partition coefficient (Wildman–Crippen LogP) is 3.11. The molecule has 0 atom stereocenters. The van der Waals surface area contributed by atoms with E-state index in [4.69, 9.17) is 9.47 Å². The van der Waals surface area contributed by atoms with Crippen LogP contribution in [0.2, 0.25) is 0 Å². The maximum atomic E-state index is 11.5. The molecule has 0 aromatic carbocycles. The maximum absolute atomic E-state index is 11.5. The second kappa shape index (κ2) is 12.4. The molecule has 5 heteroatoms. The van der Waals surface area contributed by atoms with Gasteiger partial charge in [-0.1, -0.05) is 0 Å². The van der Waals surface area contributed by atoms with E-state index < -0.39 is 0 Å². The fourth-order valence-corrected chi connectivity index (χ4v) is 2.94. The molecular formula is C19H35NO4. The number of ketones is 1. The highest BCUT2D eigenvalue weighted by atomic mass is 16.5. The van der Waals surface area contributed by atoms with Gasteiger partial charge in [0.05, 0.1) is 6.10 Å². The summed E-state index contributed by atoms with van der Waals surface area (Å²) in [5.41, 5.74) is 0. The lowest BCUT2D eigenvalue weighted by molar-refractivity contribution is -0.121. The minimum absolute atomic E-state index is 0.00510. The number of rotatable bonds is 12. The minimum atomic E-state index is 0.00510. The van der Waals surface area contributed by atoms with Crippen molar-refractivity contribution in [2.75, 3.05) is 26.4 Å². The molecule has 0 spiro atoms. The van der Waals surface area contributed by atoms with Gasteiger partial charge in [-0.3, -0.25) is 9.59 Å². The molecule has 1 fully saturated rings. The highest BCUT2D eigenvalue weighted by Gasteiger charge is 2.21. The summed E-state index contributed by atoms with van der Waals surface area (Å²) in [5.74, 6) is 1.47. The Hall–Kier alpha value is -0.940. The van der Waals surface area contributed by atoms with Crippen LogP contribution in [0.15, 0.2) is 0 Å². The Bertz CT molecular complexity index is 362. The third-order valence-electron chi connectivity index (χ3n) is 4.48. The van der Waals surface area contributed by atoms with E-state index in [2.05, 4.69) is 19.2 Å². The number of hydrogen-bond donors (Lipinski definition) is 1. The third-order valence-corrected chi connectivity index (χ3v) is 4.48. The summed E-state index contributed by atoms with van der Waals surface area (Å²) in [7, 11) is 0. The number of carbonyl (C=O) groups excluding carboxylic acids is 2. The van der Waals surface area contributed by atoms with Crippen LogP contribution in [0.3, 0.4) is 0 Å². The van der Waals surface area contributed by atoms with Gasteiger partial charge in [0.15, 0.2) is 0 Å². The fraction of sp³-hybridized carbons (Fsp3) is 0.895. The minimum Gasteiger partial charge on any atom is -0.381 e. The van der Waals surface area contributed by atoms with Crippen molar-refractivity contribution in [2.24, 2.45) is 11.8 Å². The summed E-state index contributed by atoms with van der Waals surface area (Å²) in [6, 6.07) is 0. The highest BCUT2D eigenvalue weighted by Crippen LogP contribution is 2.29. The van der Waals surface area contributed by atoms with Crippen molar-refractivity contribution in [3.05, 3.63) is 0 Å². The van der Waals surface area contributed by atoms with Crippen molar-refractivity contribution >= 4 is 11.7 Å². The van der Waals surface area contributed by atoms with Crippen LogP contribution in [0, 0.1) is 11.8 Å². The number of ether oxygens (including phenoxy) is 2. The Balaban J connectivity index is 1.95. The summed E-state index contributed by atoms with van der Waals surface area (Å²) >= 11 is 0. The molecule has 0 bridgehead atoms. The van der Waals surface area contributed by atoms with Crippen molar-refractivity contribution in [3.8, 4) is 0 Å². The highest BCUT2D eigenvalue weighted by molar-refractivity contribution is 5.78. The van der Waals surface area contributed by atoms with Gasteiger partial charge in [0.2, 0.25) is 5.91 Å². The van der Waals surface area contributed by atoms with E-state index in [0.29, 0.717) is 43.9 Å². The van der Waals surface area contributed by atoms with Crippen molar-refractivity contribution in [1.29, 1.82) is 0 Å². The van der Waals surface area contributed by atoms with Crippen molar-refractivity contribution in [3.63, 3.8) is 0 Å². The number of Topliss-reactive ketones (excluding diaryl/α,β-unsaturated/α-hetero) is 1.